The van der Waals surface area contributed by atoms with Gasteiger partial charge < -0.3 is 15.5 Å². The van der Waals surface area contributed by atoms with E-state index < -0.39 is 0 Å². The molecule has 2 heterocycles. The Hall–Kier alpha value is -3.15. The third kappa shape index (κ3) is 3.43. The monoisotopic (exact) mass is 322 g/mol. The maximum atomic E-state index is 12.6. The van der Waals surface area contributed by atoms with Gasteiger partial charge in [0.1, 0.15) is 11.4 Å². The molecule has 0 aliphatic rings. The average molecular weight is 322 g/mol. The predicted molar refractivity (Wildman–Crippen MR) is 91.1 cm³/mol. The molecule has 0 spiro atoms. The zero-order valence-corrected chi connectivity index (χ0v) is 13.3. The third-order valence-electron chi connectivity index (χ3n) is 3.67. The van der Waals surface area contributed by atoms with Gasteiger partial charge in [-0.3, -0.25) is 4.79 Å². The summed E-state index contributed by atoms with van der Waals surface area (Å²) in [6, 6.07) is 14.8. The lowest BCUT2D eigenvalue weighted by Gasteiger charge is -2.17. The largest absolute Gasteiger partial charge is 0.463 e. The van der Waals surface area contributed by atoms with Crippen molar-refractivity contribution in [3.8, 4) is 11.5 Å². The number of anilines is 1. The van der Waals surface area contributed by atoms with E-state index in [0.29, 0.717) is 11.5 Å². The summed E-state index contributed by atoms with van der Waals surface area (Å²) in [7, 11) is 0. The summed E-state index contributed by atoms with van der Waals surface area (Å²) in [6.45, 7) is 2.01. The molecule has 0 aliphatic heterocycles. The van der Waals surface area contributed by atoms with Crippen molar-refractivity contribution >= 4 is 11.9 Å². The summed E-state index contributed by atoms with van der Waals surface area (Å²) in [4.78, 5) is 20.7. The van der Waals surface area contributed by atoms with Crippen LogP contribution in [-0.4, -0.2) is 15.9 Å². The van der Waals surface area contributed by atoms with E-state index in [1.165, 1.54) is 6.26 Å². The van der Waals surface area contributed by atoms with Gasteiger partial charge in [0, 0.05) is 0 Å². The SMILES string of the molecule is CCC(NC(=O)c1cc(-c2ccco2)nc(N)n1)c1ccccc1. The molecule has 3 aromatic rings. The minimum atomic E-state index is -0.299. The van der Waals surface area contributed by atoms with Crippen molar-refractivity contribution in [1.82, 2.24) is 15.3 Å². The molecule has 6 heteroatoms. The van der Waals surface area contributed by atoms with Crippen molar-refractivity contribution in [2.24, 2.45) is 0 Å². The Labute approximate surface area is 139 Å². The van der Waals surface area contributed by atoms with Crippen LogP contribution in [-0.2, 0) is 0 Å². The smallest absolute Gasteiger partial charge is 0.270 e. The molecule has 1 unspecified atom stereocenters. The van der Waals surface area contributed by atoms with E-state index >= 15 is 0 Å². The molecule has 3 N–H and O–H groups in total. The fraction of sp³-hybridized carbons (Fsp3) is 0.167. The number of hydrogen-bond acceptors (Lipinski definition) is 5. The van der Waals surface area contributed by atoms with Crippen LogP contribution in [0.25, 0.3) is 11.5 Å². The Balaban J connectivity index is 1.84. The highest BCUT2D eigenvalue weighted by atomic mass is 16.3. The molecule has 24 heavy (non-hydrogen) atoms. The number of hydrogen-bond donors (Lipinski definition) is 2. The molecule has 0 fully saturated rings. The summed E-state index contributed by atoms with van der Waals surface area (Å²) in [5.41, 5.74) is 7.47. The Bertz CT molecular complexity index is 816. The normalized spacial score (nSPS) is 11.9. The highest BCUT2D eigenvalue weighted by Crippen LogP contribution is 2.20. The van der Waals surface area contributed by atoms with E-state index in [1.807, 2.05) is 37.3 Å². The second-order valence-electron chi connectivity index (χ2n) is 5.32. The first-order valence-corrected chi connectivity index (χ1v) is 7.71. The molecule has 0 saturated carbocycles. The molecule has 1 atom stereocenters. The molecule has 2 aromatic heterocycles. The standard InChI is InChI=1S/C18H18N4O2/c1-2-13(12-7-4-3-5-8-12)20-17(23)15-11-14(21-18(19)22-15)16-9-6-10-24-16/h3-11,13H,2H2,1H3,(H,20,23)(H2,19,21,22). The van der Waals surface area contributed by atoms with Crippen molar-refractivity contribution in [2.45, 2.75) is 19.4 Å². The predicted octanol–water partition coefficient (Wildman–Crippen LogP) is 3.20. The van der Waals surface area contributed by atoms with E-state index in [1.54, 1.807) is 18.2 Å². The van der Waals surface area contributed by atoms with Crippen LogP contribution < -0.4 is 11.1 Å². The highest BCUT2D eigenvalue weighted by Gasteiger charge is 2.17. The number of aromatic nitrogens is 2. The maximum Gasteiger partial charge on any atom is 0.270 e. The van der Waals surface area contributed by atoms with Gasteiger partial charge in [0.05, 0.1) is 12.3 Å². The van der Waals surface area contributed by atoms with Gasteiger partial charge in [-0.1, -0.05) is 37.3 Å². The molecule has 3 rings (SSSR count). The van der Waals surface area contributed by atoms with Crippen molar-refractivity contribution in [3.63, 3.8) is 0 Å². The Morgan fingerprint density at radius 2 is 2.00 bits per heavy atom. The van der Waals surface area contributed by atoms with Crippen LogP contribution in [0.1, 0.15) is 35.4 Å². The average Bonchev–Trinajstić information content (AvgIpc) is 3.14. The van der Waals surface area contributed by atoms with Gasteiger partial charge in [0.2, 0.25) is 5.95 Å². The van der Waals surface area contributed by atoms with Crippen LogP contribution >= 0.6 is 0 Å². The first-order valence-electron chi connectivity index (χ1n) is 7.71. The summed E-state index contributed by atoms with van der Waals surface area (Å²) in [5.74, 6) is 0.266. The lowest BCUT2D eigenvalue weighted by atomic mass is 10.0. The minimum Gasteiger partial charge on any atom is -0.463 e. The van der Waals surface area contributed by atoms with Gasteiger partial charge in [0.25, 0.3) is 5.91 Å². The van der Waals surface area contributed by atoms with E-state index in [2.05, 4.69) is 15.3 Å². The number of nitrogens with two attached hydrogens (primary N) is 1. The molecular formula is C18H18N4O2. The molecule has 0 bridgehead atoms. The lowest BCUT2D eigenvalue weighted by Crippen LogP contribution is -2.29. The van der Waals surface area contributed by atoms with Crippen molar-refractivity contribution in [1.29, 1.82) is 0 Å². The van der Waals surface area contributed by atoms with E-state index in [-0.39, 0.29) is 23.6 Å². The topological polar surface area (TPSA) is 94.0 Å². The fourth-order valence-electron chi connectivity index (χ4n) is 2.47. The number of carbonyl (C=O) groups excluding carboxylic acids is 1. The molecule has 0 radical (unpaired) electrons. The summed E-state index contributed by atoms with van der Waals surface area (Å²) in [6.07, 6.45) is 2.30. The van der Waals surface area contributed by atoms with E-state index in [0.717, 1.165) is 12.0 Å². The van der Waals surface area contributed by atoms with Crippen molar-refractivity contribution in [3.05, 3.63) is 66.1 Å². The Morgan fingerprint density at radius 1 is 1.21 bits per heavy atom. The molecule has 1 amide bonds. The number of carbonyl (C=O) groups is 1. The van der Waals surface area contributed by atoms with Crippen molar-refractivity contribution in [2.75, 3.05) is 5.73 Å². The number of nitrogens with zero attached hydrogens (tertiary/aromatic N) is 2. The van der Waals surface area contributed by atoms with Crippen LogP contribution in [0.4, 0.5) is 5.95 Å². The number of amides is 1. The van der Waals surface area contributed by atoms with Gasteiger partial charge in [0.15, 0.2) is 5.76 Å². The van der Waals surface area contributed by atoms with Crippen molar-refractivity contribution < 1.29 is 9.21 Å². The van der Waals surface area contributed by atoms with Crippen LogP contribution in [0.2, 0.25) is 0 Å². The zero-order chi connectivity index (χ0) is 16.9. The van der Waals surface area contributed by atoms with Crippen LogP contribution in [0.5, 0.6) is 0 Å². The maximum absolute atomic E-state index is 12.6. The number of benzene rings is 1. The first kappa shape index (κ1) is 15.7. The minimum absolute atomic E-state index is 0.0295. The Morgan fingerprint density at radius 3 is 2.67 bits per heavy atom. The van der Waals surface area contributed by atoms with Gasteiger partial charge >= 0.3 is 0 Å². The zero-order valence-electron chi connectivity index (χ0n) is 13.3. The molecule has 6 nitrogen and oxygen atoms in total. The second-order valence-corrected chi connectivity index (χ2v) is 5.32. The molecule has 1 aromatic carbocycles. The summed E-state index contributed by atoms with van der Waals surface area (Å²) >= 11 is 0. The van der Waals surface area contributed by atoms with Crippen LogP contribution in [0.3, 0.4) is 0 Å². The highest BCUT2D eigenvalue weighted by molar-refractivity contribution is 5.93. The molecule has 122 valence electrons. The van der Waals surface area contributed by atoms with E-state index in [9.17, 15) is 4.79 Å². The van der Waals surface area contributed by atoms with Crippen LogP contribution in [0.15, 0.2) is 59.2 Å². The van der Waals surface area contributed by atoms with Gasteiger partial charge in [-0.05, 0) is 30.2 Å². The number of nitrogen functional groups attached to an aromatic ring is 1. The summed E-state index contributed by atoms with van der Waals surface area (Å²) in [5, 5.41) is 2.98. The van der Waals surface area contributed by atoms with Gasteiger partial charge in [-0.15, -0.1) is 0 Å². The Kier molecular flexibility index (Phi) is 4.56. The van der Waals surface area contributed by atoms with Crippen LogP contribution in [0, 0.1) is 0 Å². The van der Waals surface area contributed by atoms with E-state index in [4.69, 9.17) is 10.2 Å². The molecular weight excluding hydrogens is 304 g/mol. The number of nitrogens with one attached hydrogen (secondary N) is 1. The number of rotatable bonds is 5. The fourth-order valence-corrected chi connectivity index (χ4v) is 2.47. The quantitative estimate of drug-likeness (QED) is 0.752. The molecule has 0 aliphatic carbocycles. The second kappa shape index (κ2) is 6.95. The lowest BCUT2D eigenvalue weighted by molar-refractivity contribution is 0.0930. The van der Waals surface area contributed by atoms with Gasteiger partial charge in [-0.25, -0.2) is 9.97 Å². The molecule has 0 saturated heterocycles. The first-order chi connectivity index (χ1) is 11.7. The number of furan rings is 1. The summed E-state index contributed by atoms with van der Waals surface area (Å²) < 4.78 is 5.30. The van der Waals surface area contributed by atoms with Gasteiger partial charge in [-0.2, -0.15) is 0 Å². The third-order valence-corrected chi connectivity index (χ3v) is 3.67.